The first-order chi connectivity index (χ1) is 47.3. The van der Waals surface area contributed by atoms with Crippen LogP contribution in [0, 0.1) is 19.8 Å². The second-order valence-corrected chi connectivity index (χ2v) is 28.9. The molecule has 1 unspecified atom stereocenters. The van der Waals surface area contributed by atoms with Crippen molar-refractivity contribution in [3.63, 3.8) is 0 Å². The number of pyridine rings is 1. The third kappa shape index (κ3) is 19.7. The average Bonchev–Trinajstić information content (AvgIpc) is 1.65. The normalized spacial score (nSPS) is 12.5. The molecule has 1 fully saturated rings. The Hall–Kier alpha value is -9.52. The van der Waals surface area contributed by atoms with E-state index in [2.05, 4.69) is 88.3 Å². The number of urea groups is 1. The van der Waals surface area contributed by atoms with Crippen molar-refractivity contribution in [2.24, 2.45) is 5.92 Å². The molecular weight excluding hydrogens is 1340 g/mol. The molecule has 5 N–H and O–H groups in total. The fraction of sp³-hybridized carbons (Fsp3) is 0.306. The summed E-state index contributed by atoms with van der Waals surface area (Å²) in [6.45, 7) is 17.7. The van der Waals surface area contributed by atoms with Gasteiger partial charge in [-0.3, -0.25) is 24.1 Å². The zero-order valence-corrected chi connectivity index (χ0v) is 60.0. The summed E-state index contributed by atoms with van der Waals surface area (Å²) in [5.74, 6) is 3.00. The number of hydrogen-bond acceptors (Lipinski definition) is 18. The number of nitrogens with zero attached hydrogens (tertiary/aromatic N) is 9. The number of phenolic OH excluding ortho intramolecular Hbond substituents is 1. The van der Waals surface area contributed by atoms with Gasteiger partial charge in [0, 0.05) is 81.6 Å². The van der Waals surface area contributed by atoms with Gasteiger partial charge < -0.3 is 34.6 Å². The van der Waals surface area contributed by atoms with Crippen LogP contribution in [0.4, 0.5) is 26.9 Å². The summed E-state index contributed by atoms with van der Waals surface area (Å²) >= 11 is 9.64. The number of ketones is 1. The number of aromatic hydroxyl groups is 1. The number of thioether (sulfide) groups is 1. The number of aryl methyl sites for hydroxylation is 2. The number of aromatic nitrogens is 8. The summed E-state index contributed by atoms with van der Waals surface area (Å²) in [5.41, 5.74) is 8.69. The van der Waals surface area contributed by atoms with Gasteiger partial charge in [-0.05, 0) is 141 Å². The van der Waals surface area contributed by atoms with Crippen molar-refractivity contribution in [3.8, 4) is 28.6 Å². The zero-order chi connectivity index (χ0) is 71.1. The highest BCUT2D eigenvalue weighted by Crippen LogP contribution is 2.39. The lowest BCUT2D eigenvalue weighted by atomic mass is 9.92. The molecule has 5 heterocycles. The highest BCUT2D eigenvalue weighted by Gasteiger charge is 2.29. The first-order valence-electron chi connectivity index (χ1n) is 32.2. The Balaban J connectivity index is 0.000000194. The molecule has 23 nitrogen and oxygen atoms in total. The van der Waals surface area contributed by atoms with Crippen molar-refractivity contribution < 1.29 is 52.5 Å². The predicted octanol–water partition coefficient (Wildman–Crippen LogP) is 15.9. The Morgan fingerprint density at radius 1 is 0.859 bits per heavy atom. The minimum atomic E-state index is -3.53. The summed E-state index contributed by atoms with van der Waals surface area (Å²) in [4.78, 5) is 80.1. The van der Waals surface area contributed by atoms with Gasteiger partial charge in [0.25, 0.3) is 5.91 Å². The van der Waals surface area contributed by atoms with E-state index in [1.807, 2.05) is 96.7 Å². The highest BCUT2D eigenvalue weighted by atomic mass is 35.5. The molecule has 4 amide bonds. The van der Waals surface area contributed by atoms with E-state index in [0.29, 0.717) is 77.2 Å². The number of carbonyl (C=O) groups excluding carboxylic acids is 5. The molecule has 518 valence electrons. The SMILES string of the molecule is CCCN(C(=O)OC)C(=O)c1cn2ncnc(Nc3cc(C(=O)CC4CC4)ccc3C)c2c1C.CCCSc1ccccc1-c1nnc2ccc(Sc3ccccc3CNC(=O)Nc3cc(C(C)(C)C)nn3-c3ccc(O)c(Cl)c3)cn12.CCOC(=O)Cc1ccc(OP(C)(=O)O)cc1. The Morgan fingerprint density at radius 2 is 1.60 bits per heavy atom. The van der Waals surface area contributed by atoms with Gasteiger partial charge in [0.05, 0.1) is 42.1 Å². The molecular formula is C72H80ClN12O11PS2. The maximum Gasteiger partial charge on any atom is 0.416 e. The van der Waals surface area contributed by atoms with Gasteiger partial charge in [-0.15, -0.1) is 22.0 Å². The number of carbonyl (C=O) groups is 5. The number of Topliss-reactive ketones (excluding diaryl/α,β-unsaturated/α-hetero) is 1. The molecule has 10 aromatic rings. The maximum atomic E-state index is 13.2. The first kappa shape index (κ1) is 73.7. The van der Waals surface area contributed by atoms with Crippen molar-refractivity contribution >= 4 is 101 Å². The van der Waals surface area contributed by atoms with E-state index in [0.717, 1.165) is 91.5 Å². The summed E-state index contributed by atoms with van der Waals surface area (Å²) in [6, 6.07) is 38.6. The topological polar surface area (TPSA) is 288 Å². The van der Waals surface area contributed by atoms with Crippen LogP contribution in [0.3, 0.4) is 0 Å². The van der Waals surface area contributed by atoms with E-state index in [1.165, 1.54) is 24.4 Å². The van der Waals surface area contributed by atoms with Crippen molar-refractivity contribution in [2.75, 3.05) is 43.3 Å². The van der Waals surface area contributed by atoms with E-state index in [4.69, 9.17) is 35.6 Å². The van der Waals surface area contributed by atoms with Crippen molar-refractivity contribution in [1.29, 1.82) is 0 Å². The Kier molecular flexibility index (Phi) is 24.8. The van der Waals surface area contributed by atoms with Crippen LogP contribution in [0.1, 0.15) is 122 Å². The van der Waals surface area contributed by atoms with Crippen molar-refractivity contribution in [2.45, 2.75) is 121 Å². The van der Waals surface area contributed by atoms with E-state index >= 15 is 0 Å². The van der Waals surface area contributed by atoms with Crippen LogP contribution < -0.4 is 20.5 Å². The number of fused-ring (bicyclic) bond motifs is 2. The molecule has 11 rings (SSSR count). The number of ether oxygens (including phenoxy) is 2. The summed E-state index contributed by atoms with van der Waals surface area (Å²) in [7, 11) is -2.28. The number of nitrogens with one attached hydrogen (secondary N) is 3. The average molecular weight is 1420 g/mol. The molecule has 0 saturated heterocycles. The van der Waals surface area contributed by atoms with Gasteiger partial charge in [-0.25, -0.2) is 33.2 Å². The number of phenols is 1. The molecule has 0 radical (unpaired) electrons. The maximum absolute atomic E-state index is 13.2. The number of hydrogen-bond donors (Lipinski definition) is 5. The molecule has 99 heavy (non-hydrogen) atoms. The van der Waals surface area contributed by atoms with Gasteiger partial charge in [0.15, 0.2) is 23.1 Å². The van der Waals surface area contributed by atoms with Crippen LogP contribution in [-0.4, -0.2) is 116 Å². The van der Waals surface area contributed by atoms with Crippen LogP contribution >= 0.6 is 42.7 Å². The van der Waals surface area contributed by atoms with Gasteiger partial charge in [0.1, 0.15) is 29.2 Å². The Bertz CT molecular complexity index is 4600. The predicted molar refractivity (Wildman–Crippen MR) is 386 cm³/mol. The van der Waals surface area contributed by atoms with Gasteiger partial charge in [-0.2, -0.15) is 10.2 Å². The van der Waals surface area contributed by atoms with E-state index in [9.17, 15) is 33.6 Å². The van der Waals surface area contributed by atoms with Gasteiger partial charge in [0.2, 0.25) is 0 Å². The number of esters is 1. The molecule has 0 aliphatic heterocycles. The number of amides is 4. The van der Waals surface area contributed by atoms with Crippen LogP contribution in [0.5, 0.6) is 11.5 Å². The molecule has 1 aliphatic carbocycles. The summed E-state index contributed by atoms with van der Waals surface area (Å²) in [5, 5.41) is 37.3. The number of halogens is 1. The minimum Gasteiger partial charge on any atom is -0.506 e. The third-order valence-corrected chi connectivity index (χ3v) is 18.7. The molecule has 0 spiro atoms. The smallest absolute Gasteiger partial charge is 0.416 e. The van der Waals surface area contributed by atoms with Crippen molar-refractivity contribution in [3.05, 3.63) is 190 Å². The molecule has 1 atom stereocenters. The lowest BCUT2D eigenvalue weighted by molar-refractivity contribution is -0.142. The molecule has 0 bridgehead atoms. The van der Waals surface area contributed by atoms with Gasteiger partial charge >= 0.3 is 25.7 Å². The first-order valence-corrected chi connectivity index (χ1v) is 36.4. The molecule has 5 aromatic carbocycles. The summed E-state index contributed by atoms with van der Waals surface area (Å²) < 4.78 is 30.6. The zero-order valence-electron chi connectivity index (χ0n) is 56.7. The highest BCUT2D eigenvalue weighted by molar-refractivity contribution is 7.99. The van der Waals surface area contributed by atoms with E-state index in [1.54, 1.807) is 77.4 Å². The Labute approximate surface area is 588 Å². The fourth-order valence-electron chi connectivity index (χ4n) is 10.2. The monoisotopic (exact) mass is 1420 g/mol. The molecule has 1 saturated carbocycles. The van der Waals surface area contributed by atoms with Crippen LogP contribution in [0.2, 0.25) is 5.02 Å². The standard InChI is InChI=1S/C36H36ClN7O2S2.C25H29N5O4.C11H15O5P/c1-5-18-47-30-13-9-7-11-26(30)34-41-40-32-17-15-25(22-43(32)34)48-29-12-8-6-10-23(29)21-38-35(46)39-33-20-31(36(2,3)4)42-44(33)24-14-16-28(45)27(37)19-24;1-5-10-29(25(33)34-4)24(32)19-13-30-22(16(19)3)23(26-14-27-30)28-20-12-18(9-6-15(20)2)21(31)11-17-7-8-17;1-3-15-11(12)8-9-4-6-10(7-5-9)16-17(2,13)14/h6-17,19-20,22,45H,5,18,21H2,1-4H3,(H2,38,39,46);6,9,12-14,17H,5,7-8,10-11H2,1-4H3,(H,26,27,28);4-7H,3,8H2,1-2H3,(H,13,14). The second-order valence-electron chi connectivity index (χ2n) is 24.4. The number of benzene rings is 5. The molecule has 5 aromatic heterocycles. The van der Waals surface area contributed by atoms with Crippen LogP contribution in [-0.2, 0) is 37.2 Å². The minimum absolute atomic E-state index is 0.0266. The fourth-order valence-corrected chi connectivity index (χ4v) is 12.8. The Morgan fingerprint density at radius 3 is 2.28 bits per heavy atom. The number of rotatable bonds is 23. The van der Waals surface area contributed by atoms with Gasteiger partial charge in [-0.1, -0.05) is 119 Å². The second kappa shape index (κ2) is 33.4. The number of methoxy groups -OCH3 is 1. The number of anilines is 3. The quantitative estimate of drug-likeness (QED) is 0.0172. The van der Waals surface area contributed by atoms with E-state index < -0.39 is 19.6 Å². The third-order valence-electron chi connectivity index (χ3n) is 15.5. The number of imide groups is 1. The largest absolute Gasteiger partial charge is 0.506 e. The van der Waals surface area contributed by atoms with Crippen LogP contribution in [0.25, 0.3) is 28.2 Å². The lowest BCUT2D eigenvalue weighted by Crippen LogP contribution is -2.37. The summed E-state index contributed by atoms with van der Waals surface area (Å²) in [6.07, 6.45) is 9.06. The van der Waals surface area contributed by atoms with E-state index in [-0.39, 0.29) is 46.9 Å². The van der Waals surface area contributed by atoms with Crippen LogP contribution in [0.15, 0.2) is 161 Å². The lowest BCUT2D eigenvalue weighted by Gasteiger charge is -2.18. The molecule has 1 aliphatic rings. The molecule has 27 heteroatoms. The van der Waals surface area contributed by atoms with Crippen molar-refractivity contribution in [1.82, 2.24) is 49.2 Å².